The molecule has 1 fully saturated rings. The van der Waals surface area contributed by atoms with Gasteiger partial charge in [0, 0.05) is 33.2 Å². The van der Waals surface area contributed by atoms with Crippen molar-refractivity contribution in [3.05, 3.63) is 70.5 Å². The molecule has 1 saturated heterocycles. The Balaban J connectivity index is 1.49. The molecule has 30 heavy (non-hydrogen) atoms. The smallest absolute Gasteiger partial charge is 0.191 e. The van der Waals surface area contributed by atoms with Crippen LogP contribution < -0.4 is 10.6 Å². The van der Waals surface area contributed by atoms with E-state index >= 15 is 0 Å². The zero-order chi connectivity index (χ0) is 21.5. The highest BCUT2D eigenvalue weighted by molar-refractivity contribution is 5.80. The Kier molecular flexibility index (Phi) is 7.82. The maximum atomic E-state index is 13.8. The molecule has 0 radical (unpaired) electrons. The minimum atomic E-state index is -0.190. The molecule has 1 aliphatic rings. The number of likely N-dealkylation sites (tertiary alicyclic amines) is 1. The molecule has 5 nitrogen and oxygen atoms in total. The van der Waals surface area contributed by atoms with Crippen LogP contribution in [0.25, 0.3) is 0 Å². The molecule has 0 saturated carbocycles. The van der Waals surface area contributed by atoms with E-state index in [0.717, 1.165) is 38.0 Å². The summed E-state index contributed by atoms with van der Waals surface area (Å²) in [6.45, 7) is 7.25. The molecule has 0 bridgehead atoms. The largest absolute Gasteiger partial charge is 0.393 e. The van der Waals surface area contributed by atoms with Gasteiger partial charge in [0.25, 0.3) is 0 Å². The van der Waals surface area contributed by atoms with Gasteiger partial charge in [0.15, 0.2) is 5.96 Å². The first-order valence-electron chi connectivity index (χ1n) is 10.7. The van der Waals surface area contributed by atoms with Gasteiger partial charge in [-0.2, -0.15) is 0 Å². The number of aliphatic imine (C=N–C) groups is 1. The third-order valence-electron chi connectivity index (χ3n) is 5.72. The summed E-state index contributed by atoms with van der Waals surface area (Å²) in [5.74, 6) is 0.490. The first-order chi connectivity index (χ1) is 14.4. The third-order valence-corrected chi connectivity index (χ3v) is 5.72. The van der Waals surface area contributed by atoms with Crippen molar-refractivity contribution >= 4 is 5.96 Å². The van der Waals surface area contributed by atoms with Crippen molar-refractivity contribution in [1.82, 2.24) is 15.5 Å². The van der Waals surface area contributed by atoms with E-state index in [0.29, 0.717) is 18.1 Å². The summed E-state index contributed by atoms with van der Waals surface area (Å²) in [6.07, 6.45) is 1.59. The van der Waals surface area contributed by atoms with Crippen LogP contribution >= 0.6 is 0 Å². The molecule has 0 aliphatic carbocycles. The quantitative estimate of drug-likeness (QED) is 0.502. The number of nitrogens with one attached hydrogen (secondary N) is 2. The number of nitrogens with zero attached hydrogens (tertiary/aromatic N) is 2. The summed E-state index contributed by atoms with van der Waals surface area (Å²) in [5.41, 5.74) is 3.99. The van der Waals surface area contributed by atoms with E-state index < -0.39 is 0 Å². The molecule has 2 aromatic carbocycles. The third kappa shape index (κ3) is 6.28. The van der Waals surface area contributed by atoms with Crippen molar-refractivity contribution in [2.75, 3.05) is 20.1 Å². The van der Waals surface area contributed by atoms with Crippen molar-refractivity contribution in [2.24, 2.45) is 4.99 Å². The van der Waals surface area contributed by atoms with Gasteiger partial charge in [-0.25, -0.2) is 4.39 Å². The molecule has 1 atom stereocenters. The highest BCUT2D eigenvalue weighted by atomic mass is 19.1. The SMILES string of the molecule is CN=C(NCc1ccc(CN2CCC(O)CC2)cc1)NC(C)c1ccc(C)c(F)c1. The number of guanidine groups is 1. The summed E-state index contributed by atoms with van der Waals surface area (Å²) < 4.78 is 13.8. The van der Waals surface area contributed by atoms with Crippen LogP contribution in [-0.4, -0.2) is 42.2 Å². The first-order valence-corrected chi connectivity index (χ1v) is 10.7. The molecule has 0 aromatic heterocycles. The first kappa shape index (κ1) is 22.2. The minimum absolute atomic E-state index is 0.0586. The average Bonchev–Trinajstić information content (AvgIpc) is 2.75. The van der Waals surface area contributed by atoms with Gasteiger partial charge in [0.1, 0.15) is 5.82 Å². The van der Waals surface area contributed by atoms with Gasteiger partial charge >= 0.3 is 0 Å². The van der Waals surface area contributed by atoms with E-state index in [4.69, 9.17) is 0 Å². The lowest BCUT2D eigenvalue weighted by molar-refractivity contribution is 0.0792. The number of hydrogen-bond acceptors (Lipinski definition) is 3. The second-order valence-electron chi connectivity index (χ2n) is 8.12. The van der Waals surface area contributed by atoms with Crippen LogP contribution in [0.4, 0.5) is 4.39 Å². The van der Waals surface area contributed by atoms with Gasteiger partial charge in [-0.15, -0.1) is 0 Å². The van der Waals surface area contributed by atoms with E-state index in [1.54, 1.807) is 26.1 Å². The maximum Gasteiger partial charge on any atom is 0.191 e. The van der Waals surface area contributed by atoms with Gasteiger partial charge in [-0.1, -0.05) is 36.4 Å². The molecule has 1 aliphatic heterocycles. The molecule has 2 aromatic rings. The van der Waals surface area contributed by atoms with Crippen molar-refractivity contribution in [3.8, 4) is 0 Å². The molecule has 3 N–H and O–H groups in total. The van der Waals surface area contributed by atoms with Crippen molar-refractivity contribution < 1.29 is 9.50 Å². The summed E-state index contributed by atoms with van der Waals surface area (Å²) in [6, 6.07) is 13.8. The lowest BCUT2D eigenvalue weighted by atomic mass is 10.1. The Morgan fingerprint density at radius 2 is 1.83 bits per heavy atom. The molecule has 6 heteroatoms. The molecule has 0 amide bonds. The minimum Gasteiger partial charge on any atom is -0.393 e. The maximum absolute atomic E-state index is 13.8. The Hall–Kier alpha value is -2.44. The highest BCUT2D eigenvalue weighted by Gasteiger charge is 2.16. The number of aryl methyl sites for hydroxylation is 1. The topological polar surface area (TPSA) is 59.9 Å². The highest BCUT2D eigenvalue weighted by Crippen LogP contribution is 2.17. The summed E-state index contributed by atoms with van der Waals surface area (Å²) in [7, 11) is 1.73. The van der Waals surface area contributed by atoms with Crippen LogP contribution in [0.5, 0.6) is 0 Å². The van der Waals surface area contributed by atoms with Gasteiger partial charge in [-0.3, -0.25) is 9.89 Å². The van der Waals surface area contributed by atoms with Crippen LogP contribution in [0.2, 0.25) is 0 Å². The fraction of sp³-hybridized carbons (Fsp3) is 0.458. The fourth-order valence-corrected chi connectivity index (χ4v) is 3.65. The molecule has 0 spiro atoms. The lowest BCUT2D eigenvalue weighted by Gasteiger charge is -2.29. The molecular weight excluding hydrogens is 379 g/mol. The normalized spacial score (nSPS) is 17.0. The summed E-state index contributed by atoms with van der Waals surface area (Å²) in [4.78, 5) is 6.67. The number of aliphatic hydroxyl groups excluding tert-OH is 1. The number of halogens is 1. The molecule has 162 valence electrons. The average molecular weight is 413 g/mol. The van der Waals surface area contributed by atoms with E-state index in [1.165, 1.54) is 11.1 Å². The zero-order valence-corrected chi connectivity index (χ0v) is 18.2. The fourth-order valence-electron chi connectivity index (χ4n) is 3.65. The Bertz CT molecular complexity index is 845. The number of aliphatic hydroxyl groups is 1. The second-order valence-corrected chi connectivity index (χ2v) is 8.12. The van der Waals surface area contributed by atoms with Crippen LogP contribution in [0.15, 0.2) is 47.5 Å². The van der Waals surface area contributed by atoms with E-state index in [9.17, 15) is 9.50 Å². The monoisotopic (exact) mass is 412 g/mol. The number of piperidine rings is 1. The van der Waals surface area contributed by atoms with Crippen molar-refractivity contribution in [2.45, 2.75) is 51.9 Å². The van der Waals surface area contributed by atoms with Crippen molar-refractivity contribution in [3.63, 3.8) is 0 Å². The van der Waals surface area contributed by atoms with E-state index in [-0.39, 0.29) is 18.0 Å². The predicted octanol–water partition coefficient (Wildman–Crippen LogP) is 3.52. The van der Waals surface area contributed by atoms with Gasteiger partial charge in [0.2, 0.25) is 0 Å². The van der Waals surface area contributed by atoms with Gasteiger partial charge in [-0.05, 0) is 55.0 Å². The van der Waals surface area contributed by atoms with Crippen LogP contribution in [0.3, 0.4) is 0 Å². The van der Waals surface area contributed by atoms with Crippen LogP contribution in [-0.2, 0) is 13.1 Å². The number of benzene rings is 2. The number of hydrogen-bond donors (Lipinski definition) is 3. The molecule has 1 heterocycles. The van der Waals surface area contributed by atoms with E-state index in [2.05, 4.69) is 44.8 Å². The predicted molar refractivity (Wildman–Crippen MR) is 120 cm³/mol. The number of rotatable bonds is 6. The Labute approximate surface area is 179 Å². The molecule has 1 unspecified atom stereocenters. The molecule has 3 rings (SSSR count). The standard InChI is InChI=1S/C24H33FN4O/c1-17-4-9-21(14-23(17)25)18(2)28-24(26-3)27-15-19-5-7-20(8-6-19)16-29-12-10-22(30)11-13-29/h4-9,14,18,22,30H,10-13,15-16H2,1-3H3,(H2,26,27,28). The Morgan fingerprint density at radius 3 is 2.47 bits per heavy atom. The molecular formula is C24H33FN4O. The second kappa shape index (κ2) is 10.5. The van der Waals surface area contributed by atoms with E-state index in [1.807, 2.05) is 13.0 Å². The lowest BCUT2D eigenvalue weighted by Crippen LogP contribution is -2.38. The van der Waals surface area contributed by atoms with Gasteiger partial charge in [0.05, 0.1) is 12.1 Å². The van der Waals surface area contributed by atoms with Crippen LogP contribution in [0, 0.1) is 12.7 Å². The zero-order valence-electron chi connectivity index (χ0n) is 18.2. The summed E-state index contributed by atoms with van der Waals surface area (Å²) in [5, 5.41) is 16.3. The van der Waals surface area contributed by atoms with Gasteiger partial charge < -0.3 is 15.7 Å². The Morgan fingerprint density at radius 1 is 1.17 bits per heavy atom. The van der Waals surface area contributed by atoms with Crippen molar-refractivity contribution in [1.29, 1.82) is 0 Å². The van der Waals surface area contributed by atoms with Crippen LogP contribution in [0.1, 0.15) is 48.1 Å². The summed E-state index contributed by atoms with van der Waals surface area (Å²) >= 11 is 0.